The van der Waals surface area contributed by atoms with E-state index in [0.717, 1.165) is 42.8 Å². The number of nitrogens with zero attached hydrogens (tertiary/aromatic N) is 4. The molecule has 2 fully saturated rings. The SMILES string of the molecule is COC(=O)C1CN(C2CCC(c3cn(C)nn3)CC2)C(Cc2ccc(Cl)cc2)CO1. The van der Waals surface area contributed by atoms with Crippen molar-refractivity contribution in [1.29, 1.82) is 0 Å². The Hall–Kier alpha value is -1.96. The Kier molecular flexibility index (Phi) is 6.71. The summed E-state index contributed by atoms with van der Waals surface area (Å²) in [5.74, 6) is 0.167. The van der Waals surface area contributed by atoms with Crippen molar-refractivity contribution in [2.45, 2.75) is 56.2 Å². The minimum absolute atomic E-state index is 0.227. The lowest BCUT2D eigenvalue weighted by molar-refractivity contribution is -0.165. The molecular weight excluding hydrogens is 404 g/mol. The van der Waals surface area contributed by atoms with Crippen molar-refractivity contribution in [2.75, 3.05) is 20.3 Å². The van der Waals surface area contributed by atoms with Gasteiger partial charge in [0.25, 0.3) is 0 Å². The summed E-state index contributed by atoms with van der Waals surface area (Å²) in [7, 11) is 3.33. The fourth-order valence-corrected chi connectivity index (χ4v) is 4.89. The standard InChI is InChI=1S/C22H29ClN4O3/c1-26-12-20(24-25-26)16-5-9-18(10-6-16)27-13-21(22(28)29-2)30-14-19(27)11-15-3-7-17(23)8-4-15/h3-4,7-8,12,16,18-19,21H,5-6,9-11,13-14H2,1-2H3. The van der Waals surface area contributed by atoms with Gasteiger partial charge in [-0.05, 0) is 49.8 Å². The molecule has 0 amide bonds. The molecule has 162 valence electrons. The van der Waals surface area contributed by atoms with Gasteiger partial charge in [-0.2, -0.15) is 0 Å². The first-order valence-corrected chi connectivity index (χ1v) is 11.0. The Balaban J connectivity index is 1.45. The third-order valence-corrected chi connectivity index (χ3v) is 6.64. The monoisotopic (exact) mass is 432 g/mol. The molecule has 0 radical (unpaired) electrons. The van der Waals surface area contributed by atoms with E-state index in [1.807, 2.05) is 25.4 Å². The smallest absolute Gasteiger partial charge is 0.336 e. The predicted octanol–water partition coefficient (Wildman–Crippen LogP) is 2.98. The van der Waals surface area contributed by atoms with Crippen LogP contribution in [0.5, 0.6) is 0 Å². The second-order valence-corrected chi connectivity index (χ2v) is 8.79. The fourth-order valence-electron chi connectivity index (χ4n) is 4.76. The summed E-state index contributed by atoms with van der Waals surface area (Å²) in [6.07, 6.45) is 6.69. The number of carbonyl (C=O) groups excluding carboxylic acids is 1. The number of benzene rings is 1. The van der Waals surface area contributed by atoms with Gasteiger partial charge in [0.2, 0.25) is 0 Å². The molecule has 1 aromatic heterocycles. The minimum atomic E-state index is -0.519. The van der Waals surface area contributed by atoms with E-state index >= 15 is 0 Å². The molecule has 2 unspecified atom stereocenters. The van der Waals surface area contributed by atoms with E-state index in [2.05, 4.69) is 27.3 Å². The van der Waals surface area contributed by atoms with Crippen LogP contribution >= 0.6 is 11.6 Å². The molecule has 0 bridgehead atoms. The zero-order chi connectivity index (χ0) is 21.1. The Labute approximate surface area is 182 Å². The number of aromatic nitrogens is 3. The van der Waals surface area contributed by atoms with Crippen molar-refractivity contribution in [1.82, 2.24) is 19.9 Å². The molecule has 1 aliphatic heterocycles. The minimum Gasteiger partial charge on any atom is -0.467 e. The molecule has 4 rings (SSSR count). The molecule has 30 heavy (non-hydrogen) atoms. The maximum atomic E-state index is 12.1. The van der Waals surface area contributed by atoms with Crippen molar-refractivity contribution < 1.29 is 14.3 Å². The number of hydrogen-bond acceptors (Lipinski definition) is 6. The molecular formula is C22H29ClN4O3. The van der Waals surface area contributed by atoms with Crippen molar-refractivity contribution in [2.24, 2.45) is 7.05 Å². The van der Waals surface area contributed by atoms with Gasteiger partial charge in [-0.3, -0.25) is 9.58 Å². The van der Waals surface area contributed by atoms with Crippen molar-refractivity contribution in [3.8, 4) is 0 Å². The number of rotatable bonds is 5. The number of aryl methyl sites for hydroxylation is 1. The maximum absolute atomic E-state index is 12.1. The van der Waals surface area contributed by atoms with Crippen LogP contribution in [0.3, 0.4) is 0 Å². The number of morpholine rings is 1. The van der Waals surface area contributed by atoms with Crippen molar-refractivity contribution in [3.63, 3.8) is 0 Å². The Morgan fingerprint density at radius 2 is 1.97 bits per heavy atom. The lowest BCUT2D eigenvalue weighted by Gasteiger charge is -2.45. The number of ether oxygens (including phenoxy) is 2. The zero-order valence-corrected chi connectivity index (χ0v) is 18.3. The van der Waals surface area contributed by atoms with Crippen molar-refractivity contribution >= 4 is 17.6 Å². The van der Waals surface area contributed by atoms with Gasteiger partial charge in [0.1, 0.15) is 0 Å². The highest BCUT2D eigenvalue weighted by Crippen LogP contribution is 2.35. The van der Waals surface area contributed by atoms with E-state index in [1.165, 1.54) is 12.7 Å². The summed E-state index contributed by atoms with van der Waals surface area (Å²) >= 11 is 6.04. The van der Waals surface area contributed by atoms with Gasteiger partial charge >= 0.3 is 5.97 Å². The van der Waals surface area contributed by atoms with Gasteiger partial charge in [0, 0.05) is 42.8 Å². The number of hydrogen-bond donors (Lipinski definition) is 0. The molecule has 2 atom stereocenters. The van der Waals surface area contributed by atoms with Gasteiger partial charge in [0.05, 0.1) is 19.4 Å². The van der Waals surface area contributed by atoms with E-state index in [9.17, 15) is 4.79 Å². The first kappa shape index (κ1) is 21.3. The number of carbonyl (C=O) groups is 1. The molecule has 1 saturated carbocycles. The summed E-state index contributed by atoms with van der Waals surface area (Å²) in [6, 6.07) is 8.63. The normalized spacial score (nSPS) is 27.7. The zero-order valence-electron chi connectivity index (χ0n) is 17.5. The van der Waals surface area contributed by atoms with E-state index in [4.69, 9.17) is 21.1 Å². The maximum Gasteiger partial charge on any atom is 0.336 e. The summed E-state index contributed by atoms with van der Waals surface area (Å²) in [6.45, 7) is 1.10. The molecule has 0 spiro atoms. The van der Waals surface area contributed by atoms with E-state index in [0.29, 0.717) is 25.1 Å². The quantitative estimate of drug-likeness (QED) is 0.676. The number of methoxy groups -OCH3 is 1. The topological polar surface area (TPSA) is 69.5 Å². The van der Waals surface area contributed by atoms with Crippen LogP contribution in [-0.2, 0) is 27.7 Å². The molecule has 7 nitrogen and oxygen atoms in total. The molecule has 0 N–H and O–H groups in total. The molecule has 2 heterocycles. The summed E-state index contributed by atoms with van der Waals surface area (Å²) < 4.78 is 12.6. The first-order chi connectivity index (χ1) is 14.5. The first-order valence-electron chi connectivity index (χ1n) is 10.6. The predicted molar refractivity (Wildman–Crippen MR) is 113 cm³/mol. The van der Waals surface area contributed by atoms with Crippen LogP contribution in [-0.4, -0.2) is 64.3 Å². The lowest BCUT2D eigenvalue weighted by Crippen LogP contribution is -2.57. The Morgan fingerprint density at radius 1 is 1.23 bits per heavy atom. The second-order valence-electron chi connectivity index (χ2n) is 8.35. The molecule has 2 aliphatic rings. The average molecular weight is 433 g/mol. The third-order valence-electron chi connectivity index (χ3n) is 6.39. The largest absolute Gasteiger partial charge is 0.467 e. The summed E-state index contributed by atoms with van der Waals surface area (Å²) in [5, 5.41) is 9.13. The van der Waals surface area contributed by atoms with Gasteiger partial charge in [-0.15, -0.1) is 5.10 Å². The molecule has 2 aromatic rings. The molecule has 1 aromatic carbocycles. The lowest BCUT2D eigenvalue weighted by atomic mass is 9.82. The summed E-state index contributed by atoms with van der Waals surface area (Å²) in [5.41, 5.74) is 2.31. The molecule has 8 heteroatoms. The van der Waals surface area contributed by atoms with Crippen LogP contribution in [0, 0.1) is 0 Å². The van der Waals surface area contributed by atoms with Crippen molar-refractivity contribution in [3.05, 3.63) is 46.7 Å². The van der Waals surface area contributed by atoms with Gasteiger partial charge in [0.15, 0.2) is 6.10 Å². The Morgan fingerprint density at radius 3 is 2.60 bits per heavy atom. The van der Waals surface area contributed by atoms with E-state index in [-0.39, 0.29) is 12.0 Å². The third kappa shape index (κ3) is 4.85. The van der Waals surface area contributed by atoms with Crippen LogP contribution in [0.25, 0.3) is 0 Å². The van der Waals surface area contributed by atoms with Crippen LogP contribution in [0.15, 0.2) is 30.5 Å². The number of esters is 1. The van der Waals surface area contributed by atoms with Gasteiger partial charge in [-0.25, -0.2) is 4.79 Å². The molecule has 1 aliphatic carbocycles. The van der Waals surface area contributed by atoms with E-state index in [1.54, 1.807) is 4.68 Å². The van der Waals surface area contributed by atoms with Crippen LogP contribution in [0.2, 0.25) is 5.02 Å². The summed E-state index contributed by atoms with van der Waals surface area (Å²) in [4.78, 5) is 14.6. The molecule has 1 saturated heterocycles. The van der Waals surface area contributed by atoms with Crippen LogP contribution in [0.1, 0.15) is 42.9 Å². The average Bonchev–Trinajstić information content (AvgIpc) is 3.21. The Bertz CT molecular complexity index is 848. The van der Waals surface area contributed by atoms with Crippen LogP contribution < -0.4 is 0 Å². The highest BCUT2D eigenvalue weighted by Gasteiger charge is 2.38. The van der Waals surface area contributed by atoms with Gasteiger partial charge < -0.3 is 9.47 Å². The second kappa shape index (κ2) is 9.45. The van der Waals surface area contributed by atoms with E-state index < -0.39 is 6.10 Å². The number of halogens is 1. The highest BCUT2D eigenvalue weighted by atomic mass is 35.5. The van der Waals surface area contributed by atoms with Gasteiger partial charge in [-0.1, -0.05) is 28.9 Å². The van der Waals surface area contributed by atoms with Crippen LogP contribution in [0.4, 0.5) is 0 Å². The fraction of sp³-hybridized carbons (Fsp3) is 0.591. The highest BCUT2D eigenvalue weighted by molar-refractivity contribution is 6.30.